The second-order valence-corrected chi connectivity index (χ2v) is 11.4. The number of benzene rings is 6. The summed E-state index contributed by atoms with van der Waals surface area (Å²) in [5.74, 6) is 2.53. The van der Waals surface area contributed by atoms with E-state index in [0.717, 1.165) is 40.7 Å². The highest BCUT2D eigenvalue weighted by molar-refractivity contribution is 5.94. The highest BCUT2D eigenvalue weighted by Crippen LogP contribution is 2.57. The van der Waals surface area contributed by atoms with Crippen LogP contribution in [0.25, 0.3) is 45.3 Å². The van der Waals surface area contributed by atoms with Gasteiger partial charge in [0.2, 0.25) is 0 Å². The third-order valence-electron chi connectivity index (χ3n) is 9.04. The first-order chi connectivity index (χ1) is 22.3. The molecule has 0 unspecified atom stereocenters. The lowest BCUT2D eigenvalue weighted by Crippen LogP contribution is -2.40. The standard InChI is InChI=1S/C42H32N3/c1-2-45-40(31-20-9-4-10-21-31)43-39(30-18-7-3-8-19-30)44-41(45)35-27-17-29-37-38(35)34-26-15-16-28-36(34)42(37,32-22-11-5-12-23-32)33-24-13-6-14-25-33/h3-29H,2H2,1H3/q+1. The third-order valence-corrected chi connectivity index (χ3v) is 9.04. The summed E-state index contributed by atoms with van der Waals surface area (Å²) in [4.78, 5) is 10.5. The molecule has 0 fully saturated rings. The predicted octanol–water partition coefficient (Wildman–Crippen LogP) is 9.15. The van der Waals surface area contributed by atoms with Gasteiger partial charge in [-0.05, 0) is 65.1 Å². The Labute approximate surface area is 264 Å². The van der Waals surface area contributed by atoms with Gasteiger partial charge in [0.15, 0.2) is 0 Å². The Morgan fingerprint density at radius 1 is 0.467 bits per heavy atom. The van der Waals surface area contributed by atoms with Crippen molar-refractivity contribution in [2.45, 2.75) is 18.9 Å². The zero-order valence-corrected chi connectivity index (χ0v) is 25.1. The summed E-state index contributed by atoms with van der Waals surface area (Å²) in [6.45, 7) is 2.90. The minimum absolute atomic E-state index is 0.473. The van der Waals surface area contributed by atoms with E-state index in [1.165, 1.54) is 33.4 Å². The van der Waals surface area contributed by atoms with E-state index < -0.39 is 5.41 Å². The maximum atomic E-state index is 5.37. The fraction of sp³-hybridized carbons (Fsp3) is 0.0714. The molecule has 45 heavy (non-hydrogen) atoms. The lowest BCUT2D eigenvalue weighted by Gasteiger charge is -2.33. The topological polar surface area (TPSA) is 29.7 Å². The maximum absolute atomic E-state index is 5.37. The Bertz CT molecular complexity index is 2080. The fourth-order valence-corrected chi connectivity index (χ4v) is 7.16. The van der Waals surface area contributed by atoms with Crippen LogP contribution in [-0.2, 0) is 12.0 Å². The summed E-state index contributed by atoms with van der Waals surface area (Å²) in [7, 11) is 0. The highest BCUT2D eigenvalue weighted by atomic mass is 15.1. The summed E-state index contributed by atoms with van der Waals surface area (Å²) in [6.07, 6.45) is 0. The highest BCUT2D eigenvalue weighted by Gasteiger charge is 2.47. The Hall–Kier alpha value is -5.67. The van der Waals surface area contributed by atoms with Crippen LogP contribution >= 0.6 is 0 Å². The van der Waals surface area contributed by atoms with Crippen molar-refractivity contribution >= 4 is 0 Å². The van der Waals surface area contributed by atoms with Gasteiger partial charge in [0, 0.05) is 5.56 Å². The molecule has 0 aliphatic heterocycles. The quantitative estimate of drug-likeness (QED) is 0.184. The monoisotopic (exact) mass is 578 g/mol. The SMILES string of the molecule is CC[n+]1c(-c2ccccc2)nc(-c2ccccc2)nc1-c1cccc2c1-c1ccccc1C2(c1ccccc1)c1ccccc1. The molecular weight excluding hydrogens is 546 g/mol. The summed E-state index contributed by atoms with van der Waals surface area (Å²) < 4.78 is 2.27. The van der Waals surface area contributed by atoms with Crippen molar-refractivity contribution in [2.75, 3.05) is 0 Å². The Morgan fingerprint density at radius 3 is 1.58 bits per heavy atom. The molecule has 0 saturated heterocycles. The van der Waals surface area contributed by atoms with Gasteiger partial charge in [-0.15, -0.1) is 0 Å². The van der Waals surface area contributed by atoms with Crippen LogP contribution in [0.4, 0.5) is 0 Å². The summed E-state index contributed by atoms with van der Waals surface area (Å²) >= 11 is 0. The van der Waals surface area contributed by atoms with Gasteiger partial charge in [-0.3, -0.25) is 0 Å². The van der Waals surface area contributed by atoms with Gasteiger partial charge in [0.25, 0.3) is 11.6 Å². The Morgan fingerprint density at radius 2 is 0.956 bits per heavy atom. The minimum Gasteiger partial charge on any atom is -0.226 e. The summed E-state index contributed by atoms with van der Waals surface area (Å²) in [6, 6.07) is 58.3. The molecule has 0 radical (unpaired) electrons. The Kier molecular flexibility index (Phi) is 6.65. The van der Waals surface area contributed by atoms with E-state index in [-0.39, 0.29) is 0 Å². The summed E-state index contributed by atoms with van der Waals surface area (Å²) in [5.41, 5.74) is 10.2. The largest absolute Gasteiger partial charge is 0.308 e. The molecule has 1 aromatic heterocycles. The molecule has 0 amide bonds. The van der Waals surface area contributed by atoms with E-state index in [0.29, 0.717) is 0 Å². The average molecular weight is 579 g/mol. The van der Waals surface area contributed by atoms with Gasteiger partial charge >= 0.3 is 5.82 Å². The maximum Gasteiger partial charge on any atom is 0.308 e. The van der Waals surface area contributed by atoms with E-state index in [4.69, 9.17) is 9.97 Å². The zero-order chi connectivity index (χ0) is 30.2. The van der Waals surface area contributed by atoms with Crippen molar-refractivity contribution in [3.05, 3.63) is 186 Å². The molecule has 0 spiro atoms. The van der Waals surface area contributed by atoms with Crippen LogP contribution in [0.5, 0.6) is 0 Å². The van der Waals surface area contributed by atoms with Crippen LogP contribution in [0.3, 0.4) is 0 Å². The molecule has 1 heterocycles. The number of fused-ring (bicyclic) bond motifs is 3. The van der Waals surface area contributed by atoms with Crippen LogP contribution in [0.2, 0.25) is 0 Å². The van der Waals surface area contributed by atoms with Crippen molar-refractivity contribution < 1.29 is 4.57 Å². The zero-order valence-electron chi connectivity index (χ0n) is 25.1. The molecule has 1 aliphatic rings. The fourth-order valence-electron chi connectivity index (χ4n) is 7.16. The number of nitrogens with zero attached hydrogens (tertiary/aromatic N) is 3. The molecule has 8 rings (SSSR count). The smallest absolute Gasteiger partial charge is 0.226 e. The van der Waals surface area contributed by atoms with Gasteiger partial charge in [0.1, 0.15) is 0 Å². The minimum atomic E-state index is -0.473. The van der Waals surface area contributed by atoms with Crippen molar-refractivity contribution in [3.63, 3.8) is 0 Å². The second-order valence-electron chi connectivity index (χ2n) is 11.4. The van der Waals surface area contributed by atoms with Crippen LogP contribution in [0, 0.1) is 0 Å². The molecule has 0 N–H and O–H groups in total. The molecule has 3 heteroatoms. The first-order valence-electron chi connectivity index (χ1n) is 15.6. The molecule has 7 aromatic rings. The van der Waals surface area contributed by atoms with Crippen molar-refractivity contribution in [1.82, 2.24) is 9.97 Å². The van der Waals surface area contributed by atoms with Crippen LogP contribution in [0.1, 0.15) is 29.2 Å². The molecule has 0 saturated carbocycles. The van der Waals surface area contributed by atoms with Gasteiger partial charge in [0.05, 0.1) is 28.7 Å². The first-order valence-corrected chi connectivity index (χ1v) is 15.6. The number of hydrogen-bond donors (Lipinski definition) is 0. The van der Waals surface area contributed by atoms with Gasteiger partial charge in [-0.25, -0.2) is 4.57 Å². The number of hydrogen-bond acceptors (Lipinski definition) is 2. The molecule has 3 nitrogen and oxygen atoms in total. The second kappa shape index (κ2) is 11.1. The van der Waals surface area contributed by atoms with Crippen LogP contribution < -0.4 is 4.57 Å². The van der Waals surface area contributed by atoms with Crippen molar-refractivity contribution in [2.24, 2.45) is 0 Å². The van der Waals surface area contributed by atoms with Crippen LogP contribution in [-0.4, -0.2) is 9.97 Å². The van der Waals surface area contributed by atoms with Crippen molar-refractivity contribution in [1.29, 1.82) is 0 Å². The van der Waals surface area contributed by atoms with E-state index in [9.17, 15) is 0 Å². The lowest BCUT2D eigenvalue weighted by atomic mass is 9.67. The lowest BCUT2D eigenvalue weighted by molar-refractivity contribution is -0.677. The van der Waals surface area contributed by atoms with Crippen molar-refractivity contribution in [3.8, 4) is 45.3 Å². The van der Waals surface area contributed by atoms with Crippen LogP contribution in [0.15, 0.2) is 164 Å². The number of rotatable bonds is 6. The van der Waals surface area contributed by atoms with E-state index >= 15 is 0 Å². The molecule has 214 valence electrons. The summed E-state index contributed by atoms with van der Waals surface area (Å²) in [5, 5.41) is 0. The molecule has 6 aromatic carbocycles. The number of aromatic nitrogens is 3. The predicted molar refractivity (Wildman–Crippen MR) is 182 cm³/mol. The van der Waals surface area contributed by atoms with Gasteiger partial charge in [-0.2, -0.15) is 0 Å². The average Bonchev–Trinajstić information content (AvgIpc) is 3.44. The molecule has 1 aliphatic carbocycles. The van der Waals surface area contributed by atoms with E-state index in [1.807, 2.05) is 24.3 Å². The first kappa shape index (κ1) is 26.9. The van der Waals surface area contributed by atoms with Gasteiger partial charge < -0.3 is 0 Å². The van der Waals surface area contributed by atoms with Gasteiger partial charge in [-0.1, -0.05) is 143 Å². The Balaban J connectivity index is 1.49. The molecule has 0 atom stereocenters. The molecular formula is C42H32N3+. The normalized spacial score (nSPS) is 12.8. The third kappa shape index (κ3) is 4.23. The van der Waals surface area contributed by atoms with E-state index in [1.54, 1.807) is 0 Å². The van der Waals surface area contributed by atoms with E-state index in [2.05, 4.69) is 151 Å². The molecule has 0 bridgehead atoms.